The van der Waals surface area contributed by atoms with E-state index in [1.54, 1.807) is 16.2 Å². The van der Waals surface area contributed by atoms with Crippen LogP contribution in [-0.4, -0.2) is 36.8 Å². The molecular weight excluding hydrogens is 420 g/mol. The lowest BCUT2D eigenvalue weighted by atomic mass is 10.1. The van der Waals surface area contributed by atoms with Crippen molar-refractivity contribution in [2.45, 2.75) is 32.8 Å². The first-order valence-electron chi connectivity index (χ1n) is 11.0. The molecule has 1 aromatic heterocycles. The highest BCUT2D eigenvalue weighted by atomic mass is 32.1. The Kier molecular flexibility index (Phi) is 5.81. The molecule has 3 aromatic carbocycles. The number of ether oxygens (including phenoxy) is 2. The van der Waals surface area contributed by atoms with E-state index in [0.29, 0.717) is 17.4 Å². The third-order valence-corrected chi connectivity index (χ3v) is 7.17. The summed E-state index contributed by atoms with van der Waals surface area (Å²) in [6.45, 7) is 5.34. The molecule has 2 heterocycles. The van der Waals surface area contributed by atoms with Gasteiger partial charge in [-0.25, -0.2) is 4.98 Å². The summed E-state index contributed by atoms with van der Waals surface area (Å²) >= 11 is 1.56. The summed E-state index contributed by atoms with van der Waals surface area (Å²) in [6.07, 6.45) is 2.02. The zero-order valence-corrected chi connectivity index (χ0v) is 19.2. The van der Waals surface area contributed by atoms with Crippen LogP contribution in [-0.2, 0) is 9.53 Å². The summed E-state index contributed by atoms with van der Waals surface area (Å²) in [4.78, 5) is 19.9. The Morgan fingerprint density at radius 3 is 2.72 bits per heavy atom. The molecule has 0 aliphatic carbocycles. The maximum absolute atomic E-state index is 13.3. The van der Waals surface area contributed by atoms with E-state index in [1.807, 2.05) is 36.4 Å². The normalized spacial score (nSPS) is 16.0. The molecule has 6 heteroatoms. The number of amides is 1. The van der Waals surface area contributed by atoms with Crippen molar-refractivity contribution in [3.05, 3.63) is 65.7 Å². The van der Waals surface area contributed by atoms with Crippen molar-refractivity contribution < 1.29 is 14.3 Å². The van der Waals surface area contributed by atoms with Crippen LogP contribution in [0.2, 0.25) is 0 Å². The molecule has 5 nitrogen and oxygen atoms in total. The van der Waals surface area contributed by atoms with Crippen LogP contribution in [0.4, 0.5) is 5.13 Å². The Hall–Kier alpha value is -2.96. The van der Waals surface area contributed by atoms with Crippen molar-refractivity contribution >= 4 is 43.4 Å². The fourth-order valence-electron chi connectivity index (χ4n) is 4.12. The number of carbonyl (C=O) groups is 1. The van der Waals surface area contributed by atoms with E-state index in [9.17, 15) is 4.79 Å². The monoisotopic (exact) mass is 446 g/mol. The molecule has 0 bridgehead atoms. The van der Waals surface area contributed by atoms with Gasteiger partial charge in [0.2, 0.25) is 0 Å². The van der Waals surface area contributed by atoms with Crippen LogP contribution >= 0.6 is 11.3 Å². The number of hydrogen-bond donors (Lipinski definition) is 0. The second kappa shape index (κ2) is 8.88. The highest BCUT2D eigenvalue weighted by Crippen LogP contribution is 2.34. The smallest absolute Gasteiger partial charge is 0.266 e. The van der Waals surface area contributed by atoms with Gasteiger partial charge in [-0.15, -0.1) is 0 Å². The van der Waals surface area contributed by atoms with Crippen LogP contribution in [0.15, 0.2) is 54.6 Å². The maximum Gasteiger partial charge on any atom is 0.266 e. The first kappa shape index (κ1) is 20.9. The number of nitrogens with zero attached hydrogens (tertiary/aromatic N) is 2. The van der Waals surface area contributed by atoms with Gasteiger partial charge in [-0.05, 0) is 60.7 Å². The van der Waals surface area contributed by atoms with Gasteiger partial charge in [0.1, 0.15) is 5.75 Å². The van der Waals surface area contributed by atoms with Crippen molar-refractivity contribution in [2.24, 2.45) is 0 Å². The number of thiazole rings is 1. The molecule has 32 heavy (non-hydrogen) atoms. The number of anilines is 1. The third kappa shape index (κ3) is 4.20. The topological polar surface area (TPSA) is 51.7 Å². The van der Waals surface area contributed by atoms with Crippen LogP contribution < -0.4 is 9.64 Å². The summed E-state index contributed by atoms with van der Waals surface area (Å²) in [7, 11) is 0. The maximum atomic E-state index is 13.3. The highest BCUT2D eigenvalue weighted by molar-refractivity contribution is 7.22. The van der Waals surface area contributed by atoms with Crippen LogP contribution in [0.25, 0.3) is 21.0 Å². The van der Waals surface area contributed by atoms with Crippen molar-refractivity contribution in [2.75, 3.05) is 24.7 Å². The third-order valence-electron chi connectivity index (χ3n) is 5.96. The number of carbonyl (C=O) groups excluding carboxylic acids is 1. The molecule has 1 aliphatic heterocycles. The fourth-order valence-corrected chi connectivity index (χ4v) is 5.26. The molecule has 4 aromatic rings. The van der Waals surface area contributed by atoms with Crippen molar-refractivity contribution in [3.8, 4) is 5.75 Å². The van der Waals surface area contributed by atoms with E-state index in [1.165, 1.54) is 5.56 Å². The minimum atomic E-state index is -0.108. The van der Waals surface area contributed by atoms with Gasteiger partial charge in [-0.3, -0.25) is 9.69 Å². The number of rotatable bonds is 6. The van der Waals surface area contributed by atoms with E-state index in [2.05, 4.69) is 32.0 Å². The molecule has 1 amide bonds. The molecule has 1 fully saturated rings. The fraction of sp³-hybridized carbons (Fsp3) is 0.308. The highest BCUT2D eigenvalue weighted by Gasteiger charge is 2.27. The van der Waals surface area contributed by atoms with Crippen LogP contribution in [0, 0.1) is 13.8 Å². The summed E-state index contributed by atoms with van der Waals surface area (Å²) in [6, 6.07) is 18.2. The molecule has 0 radical (unpaired) electrons. The second-order valence-corrected chi connectivity index (χ2v) is 9.29. The van der Waals surface area contributed by atoms with Crippen molar-refractivity contribution in [3.63, 3.8) is 0 Å². The Labute approximate surface area is 191 Å². The Morgan fingerprint density at radius 2 is 1.94 bits per heavy atom. The van der Waals surface area contributed by atoms with Gasteiger partial charge in [-0.2, -0.15) is 0 Å². The predicted molar refractivity (Wildman–Crippen MR) is 130 cm³/mol. The van der Waals surface area contributed by atoms with E-state index in [-0.39, 0.29) is 18.6 Å². The predicted octanol–water partition coefficient (Wildman–Crippen LogP) is 5.66. The van der Waals surface area contributed by atoms with E-state index >= 15 is 0 Å². The Balaban J connectivity index is 1.40. The average Bonchev–Trinajstić information content (AvgIpc) is 3.49. The quantitative estimate of drug-likeness (QED) is 0.384. The van der Waals surface area contributed by atoms with Crippen molar-refractivity contribution in [1.82, 2.24) is 4.98 Å². The molecule has 1 unspecified atom stereocenters. The Morgan fingerprint density at radius 1 is 1.12 bits per heavy atom. The molecule has 0 saturated carbocycles. The number of benzene rings is 3. The van der Waals surface area contributed by atoms with E-state index in [0.717, 1.165) is 46.0 Å². The average molecular weight is 447 g/mol. The molecule has 164 valence electrons. The molecule has 1 atom stereocenters. The molecule has 0 N–H and O–H groups in total. The lowest BCUT2D eigenvalue weighted by Crippen LogP contribution is -2.40. The van der Waals surface area contributed by atoms with Crippen molar-refractivity contribution in [1.29, 1.82) is 0 Å². The minimum Gasteiger partial charge on any atom is -0.484 e. The molecule has 1 aliphatic rings. The Bertz CT molecular complexity index is 1240. The van der Waals surface area contributed by atoms with Gasteiger partial charge in [0.05, 0.1) is 22.9 Å². The number of aromatic nitrogens is 1. The van der Waals surface area contributed by atoms with Gasteiger partial charge in [-0.1, -0.05) is 53.8 Å². The summed E-state index contributed by atoms with van der Waals surface area (Å²) in [5.41, 5.74) is 3.25. The largest absolute Gasteiger partial charge is 0.484 e. The standard InChI is InChI=1S/C26H26N2O3S/c1-17-9-10-18(2)25-24(17)27-26(32-25)28(15-22-8-5-13-30-22)23(29)16-31-21-12-11-19-6-3-4-7-20(19)14-21/h3-4,6-7,9-12,14,22H,5,8,13,15-16H2,1-2H3. The van der Waals surface area contributed by atoms with Crippen LogP contribution in [0.1, 0.15) is 24.0 Å². The summed E-state index contributed by atoms with van der Waals surface area (Å²) < 4.78 is 12.9. The first-order chi connectivity index (χ1) is 15.6. The SMILES string of the molecule is Cc1ccc(C)c2sc(N(CC3CCCO3)C(=O)COc3ccc4ccccc4c3)nc12. The number of hydrogen-bond acceptors (Lipinski definition) is 5. The van der Waals surface area contributed by atoms with Crippen LogP contribution in [0.5, 0.6) is 5.75 Å². The van der Waals surface area contributed by atoms with E-state index in [4.69, 9.17) is 14.5 Å². The molecule has 5 rings (SSSR count). The van der Waals surface area contributed by atoms with Gasteiger partial charge < -0.3 is 9.47 Å². The van der Waals surface area contributed by atoms with Crippen LogP contribution in [0.3, 0.4) is 0 Å². The second-order valence-electron chi connectivity index (χ2n) is 8.31. The number of fused-ring (bicyclic) bond motifs is 2. The lowest BCUT2D eigenvalue weighted by Gasteiger charge is -2.23. The zero-order valence-electron chi connectivity index (χ0n) is 18.3. The minimum absolute atomic E-state index is 0.0359. The molecule has 1 saturated heterocycles. The zero-order chi connectivity index (χ0) is 22.1. The van der Waals surface area contributed by atoms with Gasteiger partial charge >= 0.3 is 0 Å². The van der Waals surface area contributed by atoms with E-state index < -0.39 is 0 Å². The van der Waals surface area contributed by atoms with Gasteiger partial charge in [0.25, 0.3) is 5.91 Å². The first-order valence-corrected chi connectivity index (χ1v) is 11.8. The van der Waals surface area contributed by atoms with Gasteiger partial charge in [0, 0.05) is 6.61 Å². The van der Waals surface area contributed by atoms with Gasteiger partial charge in [0.15, 0.2) is 11.7 Å². The number of aryl methyl sites for hydroxylation is 2. The molecule has 0 spiro atoms. The lowest BCUT2D eigenvalue weighted by molar-refractivity contribution is -0.120. The summed E-state index contributed by atoms with van der Waals surface area (Å²) in [5.74, 6) is 0.577. The summed E-state index contributed by atoms with van der Waals surface area (Å²) in [5, 5.41) is 2.94. The molecular formula is C26H26N2O3S.